The fourth-order valence-electron chi connectivity index (χ4n) is 2.43. The lowest BCUT2D eigenvalue weighted by Crippen LogP contribution is -2.30. The van der Waals surface area contributed by atoms with E-state index in [9.17, 15) is 4.79 Å². The Labute approximate surface area is 133 Å². The molecule has 1 aromatic carbocycles. The second kappa shape index (κ2) is 6.00. The Bertz CT molecular complexity index is 857. The van der Waals surface area contributed by atoms with Crippen LogP contribution < -0.4 is 15.8 Å². The standard InChI is InChI=1S/C17H18N4O2/c1-10(16(18)22)23-14-6-4-3-5-11(14)13-9-15(19-2)21-17-12(13)7-8-20-17/h3-10H,1-2H3,(H2,18,22)(H2,19,20,21). The molecule has 0 saturated heterocycles. The van der Waals surface area contributed by atoms with Gasteiger partial charge in [0.1, 0.15) is 17.2 Å². The lowest BCUT2D eigenvalue weighted by Gasteiger charge is -2.16. The van der Waals surface area contributed by atoms with Crippen molar-refractivity contribution in [1.29, 1.82) is 0 Å². The lowest BCUT2D eigenvalue weighted by atomic mass is 10.0. The topological polar surface area (TPSA) is 93.0 Å². The molecule has 4 N–H and O–H groups in total. The fourth-order valence-corrected chi connectivity index (χ4v) is 2.43. The number of benzene rings is 1. The number of nitrogens with two attached hydrogens (primary N) is 1. The van der Waals surface area contributed by atoms with Crippen LogP contribution in [0.4, 0.5) is 5.82 Å². The first-order valence-corrected chi connectivity index (χ1v) is 7.31. The molecule has 0 aliphatic heterocycles. The van der Waals surface area contributed by atoms with E-state index in [1.165, 1.54) is 0 Å². The minimum Gasteiger partial charge on any atom is -0.480 e. The summed E-state index contributed by atoms with van der Waals surface area (Å²) < 4.78 is 5.73. The van der Waals surface area contributed by atoms with E-state index < -0.39 is 12.0 Å². The molecule has 1 amide bonds. The average molecular weight is 310 g/mol. The molecule has 3 aromatic rings. The van der Waals surface area contributed by atoms with Gasteiger partial charge in [0.25, 0.3) is 5.91 Å². The number of aromatic amines is 1. The largest absolute Gasteiger partial charge is 0.480 e. The van der Waals surface area contributed by atoms with Crippen LogP contribution in [0.2, 0.25) is 0 Å². The molecule has 1 unspecified atom stereocenters. The highest BCUT2D eigenvalue weighted by Crippen LogP contribution is 2.36. The summed E-state index contributed by atoms with van der Waals surface area (Å²) in [5.41, 5.74) is 7.93. The van der Waals surface area contributed by atoms with E-state index in [0.29, 0.717) is 5.75 Å². The summed E-state index contributed by atoms with van der Waals surface area (Å²) in [6.45, 7) is 1.64. The van der Waals surface area contributed by atoms with Crippen LogP contribution in [-0.2, 0) is 4.79 Å². The number of primary amides is 1. The molecule has 0 bridgehead atoms. The van der Waals surface area contributed by atoms with E-state index in [1.54, 1.807) is 6.92 Å². The monoisotopic (exact) mass is 310 g/mol. The van der Waals surface area contributed by atoms with E-state index in [4.69, 9.17) is 10.5 Å². The number of nitrogens with zero attached hydrogens (tertiary/aromatic N) is 1. The van der Waals surface area contributed by atoms with Crippen LogP contribution in [0.15, 0.2) is 42.6 Å². The number of para-hydroxylation sites is 1. The molecule has 0 fully saturated rings. The Balaban J connectivity index is 2.15. The van der Waals surface area contributed by atoms with Gasteiger partial charge < -0.3 is 20.8 Å². The molecule has 2 heterocycles. The number of H-pyrrole nitrogens is 1. The highest BCUT2D eigenvalue weighted by Gasteiger charge is 2.16. The predicted molar refractivity (Wildman–Crippen MR) is 90.4 cm³/mol. The van der Waals surface area contributed by atoms with E-state index in [2.05, 4.69) is 15.3 Å². The van der Waals surface area contributed by atoms with Gasteiger partial charge in [0.2, 0.25) is 0 Å². The maximum absolute atomic E-state index is 11.3. The van der Waals surface area contributed by atoms with Crippen molar-refractivity contribution in [2.24, 2.45) is 5.73 Å². The number of fused-ring (bicyclic) bond motifs is 1. The SMILES string of the molecule is CNc1cc(-c2ccccc2OC(C)C(N)=O)c2cc[nH]c2n1. The normalized spacial score (nSPS) is 12.1. The van der Waals surface area contributed by atoms with Crippen molar-refractivity contribution in [1.82, 2.24) is 9.97 Å². The van der Waals surface area contributed by atoms with Crippen LogP contribution in [0.3, 0.4) is 0 Å². The number of hydrogen-bond donors (Lipinski definition) is 3. The molecule has 0 radical (unpaired) electrons. The Kier molecular flexibility index (Phi) is 3.89. The molecule has 0 spiro atoms. The number of carbonyl (C=O) groups is 1. The zero-order valence-electron chi connectivity index (χ0n) is 13.0. The summed E-state index contributed by atoms with van der Waals surface area (Å²) >= 11 is 0. The first-order valence-electron chi connectivity index (χ1n) is 7.31. The number of ether oxygens (including phenoxy) is 1. The number of amides is 1. The first-order chi connectivity index (χ1) is 11.1. The molecule has 1 atom stereocenters. The van der Waals surface area contributed by atoms with Gasteiger partial charge in [-0.15, -0.1) is 0 Å². The molecular formula is C17H18N4O2. The quantitative estimate of drug-likeness (QED) is 0.675. The van der Waals surface area contributed by atoms with Gasteiger partial charge in [-0.2, -0.15) is 0 Å². The highest BCUT2D eigenvalue weighted by molar-refractivity contribution is 5.96. The fraction of sp³-hybridized carbons (Fsp3) is 0.176. The smallest absolute Gasteiger partial charge is 0.258 e. The van der Waals surface area contributed by atoms with Crippen molar-refractivity contribution >= 4 is 22.8 Å². The summed E-state index contributed by atoms with van der Waals surface area (Å²) in [6, 6.07) is 11.5. The highest BCUT2D eigenvalue weighted by atomic mass is 16.5. The third kappa shape index (κ3) is 2.83. The summed E-state index contributed by atoms with van der Waals surface area (Å²) in [5, 5.41) is 4.03. The molecular weight excluding hydrogens is 292 g/mol. The van der Waals surface area contributed by atoms with Crippen molar-refractivity contribution in [3.8, 4) is 16.9 Å². The van der Waals surface area contributed by atoms with Gasteiger partial charge >= 0.3 is 0 Å². The molecule has 2 aromatic heterocycles. The molecule has 118 valence electrons. The third-order valence-electron chi connectivity index (χ3n) is 3.67. The minimum absolute atomic E-state index is 0.503. The van der Waals surface area contributed by atoms with E-state index in [-0.39, 0.29) is 0 Å². The number of nitrogens with one attached hydrogen (secondary N) is 2. The van der Waals surface area contributed by atoms with Crippen LogP contribution in [0, 0.1) is 0 Å². The molecule has 3 rings (SSSR count). The number of rotatable bonds is 5. The van der Waals surface area contributed by atoms with Crippen LogP contribution in [0.25, 0.3) is 22.2 Å². The van der Waals surface area contributed by atoms with Crippen molar-refractivity contribution in [3.63, 3.8) is 0 Å². The van der Waals surface area contributed by atoms with Crippen LogP contribution in [-0.4, -0.2) is 29.0 Å². The van der Waals surface area contributed by atoms with Crippen molar-refractivity contribution in [2.45, 2.75) is 13.0 Å². The lowest BCUT2D eigenvalue weighted by molar-refractivity contribution is -0.123. The maximum Gasteiger partial charge on any atom is 0.258 e. The van der Waals surface area contributed by atoms with Gasteiger partial charge in [0.15, 0.2) is 6.10 Å². The number of carbonyl (C=O) groups excluding carboxylic acids is 1. The first kappa shape index (κ1) is 14.9. The van der Waals surface area contributed by atoms with Gasteiger partial charge in [-0.25, -0.2) is 4.98 Å². The van der Waals surface area contributed by atoms with E-state index in [1.807, 2.05) is 49.6 Å². The van der Waals surface area contributed by atoms with Crippen LogP contribution >= 0.6 is 0 Å². The molecule has 6 heteroatoms. The van der Waals surface area contributed by atoms with E-state index >= 15 is 0 Å². The van der Waals surface area contributed by atoms with Crippen molar-refractivity contribution < 1.29 is 9.53 Å². The molecule has 23 heavy (non-hydrogen) atoms. The Morgan fingerprint density at radius 1 is 1.30 bits per heavy atom. The zero-order valence-corrected chi connectivity index (χ0v) is 13.0. The second-order valence-electron chi connectivity index (χ2n) is 5.20. The Hall–Kier alpha value is -3.02. The average Bonchev–Trinajstić information content (AvgIpc) is 3.02. The molecule has 0 saturated carbocycles. The summed E-state index contributed by atoms with van der Waals surface area (Å²) in [6.07, 6.45) is 1.14. The van der Waals surface area contributed by atoms with Crippen LogP contribution in [0.5, 0.6) is 5.75 Å². The predicted octanol–water partition coefficient (Wildman–Crippen LogP) is 2.52. The third-order valence-corrected chi connectivity index (χ3v) is 3.67. The van der Waals surface area contributed by atoms with Crippen molar-refractivity contribution in [2.75, 3.05) is 12.4 Å². The summed E-state index contributed by atoms with van der Waals surface area (Å²) in [4.78, 5) is 18.9. The van der Waals surface area contributed by atoms with Crippen LogP contribution in [0.1, 0.15) is 6.92 Å². The van der Waals surface area contributed by atoms with Gasteiger partial charge in [0.05, 0.1) is 0 Å². The summed E-state index contributed by atoms with van der Waals surface area (Å²) in [7, 11) is 1.82. The van der Waals surface area contributed by atoms with E-state index in [0.717, 1.165) is 28.0 Å². The maximum atomic E-state index is 11.3. The number of pyridine rings is 1. The zero-order chi connectivity index (χ0) is 16.4. The second-order valence-corrected chi connectivity index (χ2v) is 5.20. The number of aromatic nitrogens is 2. The molecule has 6 nitrogen and oxygen atoms in total. The number of hydrogen-bond acceptors (Lipinski definition) is 4. The Morgan fingerprint density at radius 2 is 2.09 bits per heavy atom. The van der Waals surface area contributed by atoms with Gasteiger partial charge in [0, 0.05) is 29.8 Å². The number of anilines is 1. The van der Waals surface area contributed by atoms with Gasteiger partial charge in [-0.3, -0.25) is 4.79 Å². The van der Waals surface area contributed by atoms with Gasteiger partial charge in [-0.1, -0.05) is 18.2 Å². The summed E-state index contributed by atoms with van der Waals surface area (Å²) in [5.74, 6) is 0.847. The molecule has 0 aliphatic rings. The van der Waals surface area contributed by atoms with Gasteiger partial charge in [-0.05, 0) is 25.1 Å². The minimum atomic E-state index is -0.705. The molecule has 0 aliphatic carbocycles. The van der Waals surface area contributed by atoms with Crippen molar-refractivity contribution in [3.05, 3.63) is 42.6 Å². The Morgan fingerprint density at radius 3 is 2.83 bits per heavy atom.